The minimum Gasteiger partial charge on any atom is -0.497 e. The number of thioether (sulfide) groups is 1. The summed E-state index contributed by atoms with van der Waals surface area (Å²) in [6, 6.07) is 12.2. The molecule has 2 heterocycles. The van der Waals surface area contributed by atoms with Gasteiger partial charge in [-0.2, -0.15) is 0 Å². The molecule has 45 heavy (non-hydrogen) atoms. The van der Waals surface area contributed by atoms with Crippen LogP contribution >= 0.6 is 23.1 Å². The molecule has 0 aliphatic carbocycles. The van der Waals surface area contributed by atoms with Crippen molar-refractivity contribution in [2.24, 2.45) is 0 Å². The van der Waals surface area contributed by atoms with Gasteiger partial charge in [-0.05, 0) is 68.8 Å². The summed E-state index contributed by atoms with van der Waals surface area (Å²) in [6.07, 6.45) is 0. The van der Waals surface area contributed by atoms with Crippen LogP contribution in [0.4, 0.5) is 9.39 Å². The highest BCUT2D eigenvalue weighted by molar-refractivity contribution is 7.99. The highest BCUT2D eigenvalue weighted by Crippen LogP contribution is 2.35. The van der Waals surface area contributed by atoms with Gasteiger partial charge < -0.3 is 24.8 Å². The van der Waals surface area contributed by atoms with Crippen molar-refractivity contribution in [3.8, 4) is 11.4 Å². The number of hydrogen-bond acceptors (Lipinski definition) is 11. The zero-order chi connectivity index (χ0) is 32.5. The highest BCUT2D eigenvalue weighted by atomic mass is 32.2. The second kappa shape index (κ2) is 15.3. The summed E-state index contributed by atoms with van der Waals surface area (Å²) >= 11 is 1.95. The highest BCUT2D eigenvalue weighted by Gasteiger charge is 2.27. The van der Waals surface area contributed by atoms with E-state index >= 15 is 0 Å². The lowest BCUT2D eigenvalue weighted by molar-refractivity contribution is -0.113. The van der Waals surface area contributed by atoms with E-state index in [1.807, 2.05) is 0 Å². The number of benzene rings is 2. The number of thiophene rings is 1. The van der Waals surface area contributed by atoms with Crippen LogP contribution in [0.3, 0.4) is 0 Å². The average Bonchev–Trinajstić information content (AvgIpc) is 3.59. The number of amides is 2. The van der Waals surface area contributed by atoms with Crippen molar-refractivity contribution in [3.63, 3.8) is 0 Å². The molecular weight excluding hydrogens is 625 g/mol. The van der Waals surface area contributed by atoms with Crippen molar-refractivity contribution < 1.29 is 37.8 Å². The molecule has 12 nitrogen and oxygen atoms in total. The van der Waals surface area contributed by atoms with Gasteiger partial charge in [0, 0.05) is 11.3 Å². The second-order valence-corrected chi connectivity index (χ2v) is 11.1. The number of carbonyl (C=O) groups excluding carboxylic acids is 4. The Morgan fingerprint density at radius 1 is 1.00 bits per heavy atom. The third kappa shape index (κ3) is 8.05. The number of carbonyl (C=O) groups is 4. The summed E-state index contributed by atoms with van der Waals surface area (Å²) in [5.74, 6) is -1.91. The molecule has 0 aliphatic heterocycles. The summed E-state index contributed by atoms with van der Waals surface area (Å²) in [4.78, 5) is 51.2. The maximum Gasteiger partial charge on any atom is 0.348 e. The fourth-order valence-electron chi connectivity index (χ4n) is 4.12. The Labute approximate surface area is 266 Å². The molecule has 0 saturated carbocycles. The zero-order valence-electron chi connectivity index (χ0n) is 24.8. The van der Waals surface area contributed by atoms with Crippen molar-refractivity contribution in [2.75, 3.05) is 31.4 Å². The molecule has 4 aromatic rings. The first kappa shape index (κ1) is 33.1. The molecule has 15 heteroatoms. The van der Waals surface area contributed by atoms with Gasteiger partial charge in [-0.1, -0.05) is 17.8 Å². The number of ether oxygens (including phenoxy) is 3. The van der Waals surface area contributed by atoms with Crippen LogP contribution in [0.5, 0.6) is 5.75 Å². The summed E-state index contributed by atoms with van der Waals surface area (Å²) in [5, 5.41) is 14.3. The molecule has 0 saturated heterocycles. The van der Waals surface area contributed by atoms with Gasteiger partial charge in [0.25, 0.3) is 5.91 Å². The van der Waals surface area contributed by atoms with Gasteiger partial charge >= 0.3 is 11.9 Å². The average molecular weight is 656 g/mol. The van der Waals surface area contributed by atoms with E-state index in [0.717, 1.165) is 23.1 Å². The summed E-state index contributed by atoms with van der Waals surface area (Å²) in [6.45, 7) is 5.12. The molecule has 0 aliphatic rings. The Balaban J connectivity index is 1.54. The lowest BCUT2D eigenvalue weighted by atomic mass is 10.1. The maximum absolute atomic E-state index is 13.7. The molecule has 236 valence electrons. The molecule has 4 rings (SSSR count). The van der Waals surface area contributed by atoms with Crippen molar-refractivity contribution in [2.45, 2.75) is 32.5 Å². The molecule has 0 bridgehead atoms. The molecule has 0 spiro atoms. The van der Waals surface area contributed by atoms with Gasteiger partial charge in [0.2, 0.25) is 5.91 Å². The lowest BCUT2D eigenvalue weighted by Gasteiger charge is -2.11. The Bertz CT molecular complexity index is 1710. The van der Waals surface area contributed by atoms with Crippen LogP contribution in [0.2, 0.25) is 0 Å². The number of hydrogen-bond donors (Lipinski definition) is 2. The number of esters is 2. The minimum atomic E-state index is -0.679. The van der Waals surface area contributed by atoms with Crippen LogP contribution in [0.15, 0.2) is 53.7 Å². The van der Waals surface area contributed by atoms with Gasteiger partial charge in [0.15, 0.2) is 11.0 Å². The van der Waals surface area contributed by atoms with Crippen molar-refractivity contribution in [1.82, 2.24) is 20.1 Å². The summed E-state index contributed by atoms with van der Waals surface area (Å²) < 4.78 is 30.7. The molecule has 2 aromatic heterocycles. The molecule has 0 unspecified atom stereocenters. The van der Waals surface area contributed by atoms with Gasteiger partial charge in [0.1, 0.15) is 21.4 Å². The van der Waals surface area contributed by atoms with Crippen LogP contribution in [0.1, 0.15) is 55.6 Å². The minimum absolute atomic E-state index is 0.0266. The van der Waals surface area contributed by atoms with E-state index in [4.69, 9.17) is 14.2 Å². The van der Waals surface area contributed by atoms with Gasteiger partial charge in [-0.25, -0.2) is 14.0 Å². The van der Waals surface area contributed by atoms with Crippen LogP contribution in [-0.4, -0.2) is 64.6 Å². The molecule has 2 aromatic carbocycles. The number of rotatable bonds is 13. The Kier molecular flexibility index (Phi) is 11.3. The number of methoxy groups -OCH3 is 1. The van der Waals surface area contributed by atoms with E-state index in [9.17, 15) is 23.6 Å². The fraction of sp³-hybridized carbons (Fsp3) is 0.267. The topological polar surface area (TPSA) is 151 Å². The van der Waals surface area contributed by atoms with Crippen LogP contribution in [0, 0.1) is 12.7 Å². The van der Waals surface area contributed by atoms with E-state index in [1.165, 1.54) is 31.4 Å². The summed E-state index contributed by atoms with van der Waals surface area (Å²) in [7, 11) is 1.50. The monoisotopic (exact) mass is 655 g/mol. The SMILES string of the molecule is CCOC(=O)c1sc(NC(=O)CSc2nnc(CNC(=O)c3cccc(OC)c3)n2-c2ccc(F)cc2)c(C(=O)OCC)c1C. The normalized spacial score (nSPS) is 10.7. The van der Waals surface area contributed by atoms with Crippen LogP contribution in [0.25, 0.3) is 5.69 Å². The third-order valence-corrected chi connectivity index (χ3v) is 8.31. The largest absolute Gasteiger partial charge is 0.497 e. The molecular formula is C30H30FN5O7S2. The molecule has 2 N–H and O–H groups in total. The zero-order valence-corrected chi connectivity index (χ0v) is 26.5. The summed E-state index contributed by atoms with van der Waals surface area (Å²) in [5.41, 5.74) is 1.31. The fourth-order valence-corrected chi connectivity index (χ4v) is 5.99. The number of halogens is 1. The van der Waals surface area contributed by atoms with E-state index in [0.29, 0.717) is 33.5 Å². The second-order valence-electron chi connectivity index (χ2n) is 9.16. The first-order valence-electron chi connectivity index (χ1n) is 13.7. The predicted octanol–water partition coefficient (Wildman–Crippen LogP) is 4.80. The quantitative estimate of drug-likeness (QED) is 0.152. The lowest BCUT2D eigenvalue weighted by Crippen LogP contribution is -2.24. The van der Waals surface area contributed by atoms with Gasteiger partial charge in [-0.15, -0.1) is 21.5 Å². The number of nitrogens with zero attached hydrogens (tertiary/aromatic N) is 3. The first-order chi connectivity index (χ1) is 21.7. The van der Waals surface area contributed by atoms with E-state index in [1.54, 1.807) is 49.6 Å². The van der Waals surface area contributed by atoms with Gasteiger partial charge in [0.05, 0.1) is 38.2 Å². The predicted molar refractivity (Wildman–Crippen MR) is 166 cm³/mol. The molecule has 0 fully saturated rings. The van der Waals surface area contributed by atoms with Crippen molar-refractivity contribution >= 4 is 51.9 Å². The van der Waals surface area contributed by atoms with Crippen molar-refractivity contribution in [3.05, 3.63) is 81.7 Å². The van der Waals surface area contributed by atoms with Crippen molar-refractivity contribution in [1.29, 1.82) is 0 Å². The van der Waals surface area contributed by atoms with E-state index < -0.39 is 23.7 Å². The number of aromatic nitrogens is 3. The van der Waals surface area contributed by atoms with E-state index in [-0.39, 0.29) is 46.9 Å². The Morgan fingerprint density at radius 2 is 1.71 bits per heavy atom. The standard InChI is InChI=1S/C30H30FN5O7S2/c1-5-42-28(39)24-17(3)25(29(40)43-6-2)45-27(24)33-23(37)16-44-30-35-34-22(36(30)20-12-10-19(31)11-13-20)15-32-26(38)18-8-7-9-21(14-18)41-4/h7-14H,5-6,15-16H2,1-4H3,(H,32,38)(H,33,37). The number of anilines is 1. The third-order valence-electron chi connectivity index (χ3n) is 6.20. The van der Waals surface area contributed by atoms with E-state index in [2.05, 4.69) is 20.8 Å². The molecule has 0 atom stereocenters. The Morgan fingerprint density at radius 3 is 2.40 bits per heavy atom. The Hall–Kier alpha value is -4.76. The smallest absolute Gasteiger partial charge is 0.348 e. The molecule has 0 radical (unpaired) electrons. The number of nitrogens with one attached hydrogen (secondary N) is 2. The van der Waals surface area contributed by atoms with Crippen LogP contribution in [-0.2, 0) is 20.8 Å². The van der Waals surface area contributed by atoms with Gasteiger partial charge in [-0.3, -0.25) is 14.2 Å². The van der Waals surface area contributed by atoms with Crippen LogP contribution < -0.4 is 15.4 Å². The molecule has 2 amide bonds. The maximum atomic E-state index is 13.7. The first-order valence-corrected chi connectivity index (χ1v) is 15.5.